The van der Waals surface area contributed by atoms with E-state index in [4.69, 9.17) is 16.7 Å². The average Bonchev–Trinajstić information content (AvgIpc) is 2.20. The Morgan fingerprint density at radius 3 is 2.44 bits per heavy atom. The molecule has 0 fully saturated rings. The van der Waals surface area contributed by atoms with Crippen LogP contribution in [0.15, 0.2) is 18.2 Å². The normalized spacial score (nSPS) is 15.1. The average molecular weight is 394 g/mol. The molecule has 1 rings (SSSR count). The van der Waals surface area contributed by atoms with Crippen molar-refractivity contribution in [2.24, 2.45) is 0 Å². The van der Waals surface area contributed by atoms with Crippen molar-refractivity contribution >= 4 is 45.8 Å². The van der Waals surface area contributed by atoms with E-state index in [2.05, 4.69) is 0 Å². The van der Waals surface area contributed by atoms with Crippen LogP contribution in [0.2, 0.25) is 5.02 Å². The lowest BCUT2D eigenvalue weighted by Gasteiger charge is -2.25. The summed E-state index contributed by atoms with van der Waals surface area (Å²) in [5.41, 5.74) is -3.47. The zero-order chi connectivity index (χ0) is 14.1. The van der Waals surface area contributed by atoms with Gasteiger partial charge in [-0.1, -0.05) is 11.6 Å². The van der Waals surface area contributed by atoms with Gasteiger partial charge in [0.05, 0.1) is 10.7 Å². The lowest BCUT2D eigenvalue weighted by molar-refractivity contribution is -0.242. The van der Waals surface area contributed by atoms with E-state index in [9.17, 15) is 18.0 Å². The Balaban J connectivity index is 2.95. The van der Waals surface area contributed by atoms with Crippen molar-refractivity contribution in [3.63, 3.8) is 0 Å². The third kappa shape index (κ3) is 3.27. The van der Waals surface area contributed by atoms with Crippen LogP contribution in [0.3, 0.4) is 0 Å². The van der Waals surface area contributed by atoms with Crippen molar-refractivity contribution in [2.75, 3.05) is 5.32 Å². The van der Waals surface area contributed by atoms with Gasteiger partial charge >= 0.3 is 6.18 Å². The number of hydrogen-bond donors (Lipinski definition) is 2. The van der Waals surface area contributed by atoms with Crippen molar-refractivity contribution < 1.29 is 23.1 Å². The fourth-order valence-electron chi connectivity index (χ4n) is 0.964. The first-order valence-electron chi connectivity index (χ1n) is 4.61. The molecule has 18 heavy (non-hydrogen) atoms. The second-order valence-electron chi connectivity index (χ2n) is 3.65. The highest BCUT2D eigenvalue weighted by Gasteiger charge is 2.55. The minimum Gasteiger partial charge on any atom is -0.373 e. The molecule has 0 saturated carbocycles. The second-order valence-corrected chi connectivity index (χ2v) is 5.30. The monoisotopic (exact) mass is 393 g/mol. The minimum absolute atomic E-state index is 0.00612. The van der Waals surface area contributed by atoms with Gasteiger partial charge in [0.1, 0.15) is 0 Å². The number of benzene rings is 1. The summed E-state index contributed by atoms with van der Waals surface area (Å²) in [4.78, 5) is 11.4. The highest BCUT2D eigenvalue weighted by molar-refractivity contribution is 14.1. The van der Waals surface area contributed by atoms with Gasteiger partial charge in [0, 0.05) is 3.57 Å². The molecular weight excluding hydrogens is 385 g/mol. The highest BCUT2D eigenvalue weighted by Crippen LogP contribution is 2.32. The predicted molar refractivity (Wildman–Crippen MR) is 69.5 cm³/mol. The third-order valence-electron chi connectivity index (χ3n) is 2.17. The van der Waals surface area contributed by atoms with Gasteiger partial charge in [-0.05, 0) is 47.7 Å². The van der Waals surface area contributed by atoms with E-state index in [-0.39, 0.29) is 10.7 Å². The molecule has 0 spiro atoms. The molecule has 0 aliphatic carbocycles. The summed E-state index contributed by atoms with van der Waals surface area (Å²) in [7, 11) is 0. The largest absolute Gasteiger partial charge is 0.426 e. The Bertz CT molecular complexity index is 477. The lowest BCUT2D eigenvalue weighted by atomic mass is 10.1. The van der Waals surface area contributed by atoms with Crippen LogP contribution in [0, 0.1) is 3.57 Å². The van der Waals surface area contributed by atoms with E-state index in [1.165, 1.54) is 12.1 Å². The topological polar surface area (TPSA) is 49.3 Å². The van der Waals surface area contributed by atoms with E-state index >= 15 is 0 Å². The van der Waals surface area contributed by atoms with E-state index < -0.39 is 17.7 Å². The molecule has 0 aliphatic rings. The molecule has 0 aliphatic heterocycles. The van der Waals surface area contributed by atoms with Crippen LogP contribution in [-0.4, -0.2) is 22.8 Å². The Hall–Kier alpha value is -0.540. The number of halogens is 5. The summed E-state index contributed by atoms with van der Waals surface area (Å²) < 4.78 is 38.0. The van der Waals surface area contributed by atoms with Crippen LogP contribution in [0.5, 0.6) is 0 Å². The van der Waals surface area contributed by atoms with Crippen molar-refractivity contribution in [3.8, 4) is 0 Å². The molecule has 1 atom stereocenters. The van der Waals surface area contributed by atoms with Crippen LogP contribution in [0.1, 0.15) is 6.92 Å². The van der Waals surface area contributed by atoms with Crippen LogP contribution >= 0.6 is 34.2 Å². The summed E-state index contributed by atoms with van der Waals surface area (Å²) in [6, 6.07) is 4.39. The summed E-state index contributed by atoms with van der Waals surface area (Å²) in [5, 5.41) is 11.2. The number of carbonyl (C=O) groups excluding carboxylic acids is 1. The molecule has 0 heterocycles. The van der Waals surface area contributed by atoms with Gasteiger partial charge in [-0.3, -0.25) is 4.79 Å². The van der Waals surface area contributed by atoms with Crippen LogP contribution in [-0.2, 0) is 4.79 Å². The first-order chi connectivity index (χ1) is 8.05. The van der Waals surface area contributed by atoms with E-state index in [0.717, 1.165) is 3.57 Å². The number of carbonyl (C=O) groups is 1. The molecule has 1 aromatic carbocycles. The van der Waals surface area contributed by atoms with Crippen LogP contribution in [0.4, 0.5) is 18.9 Å². The molecule has 0 saturated heterocycles. The lowest BCUT2D eigenvalue weighted by Crippen LogP contribution is -2.52. The number of alkyl halides is 3. The van der Waals surface area contributed by atoms with Gasteiger partial charge in [-0.2, -0.15) is 13.2 Å². The van der Waals surface area contributed by atoms with Gasteiger partial charge in [-0.15, -0.1) is 0 Å². The molecule has 8 heteroatoms. The Kier molecular flexibility index (Phi) is 4.50. The van der Waals surface area contributed by atoms with E-state index in [0.29, 0.717) is 6.92 Å². The smallest absolute Gasteiger partial charge is 0.373 e. The van der Waals surface area contributed by atoms with Crippen LogP contribution in [0.25, 0.3) is 0 Å². The first-order valence-corrected chi connectivity index (χ1v) is 6.07. The number of aliphatic hydroxyl groups is 1. The molecule has 100 valence electrons. The van der Waals surface area contributed by atoms with Crippen molar-refractivity contribution in [1.29, 1.82) is 0 Å². The van der Waals surface area contributed by atoms with Gasteiger partial charge in [0.25, 0.3) is 5.91 Å². The highest BCUT2D eigenvalue weighted by atomic mass is 127. The Morgan fingerprint density at radius 2 is 2.00 bits per heavy atom. The number of amides is 1. The molecule has 3 nitrogen and oxygen atoms in total. The zero-order valence-corrected chi connectivity index (χ0v) is 11.9. The maximum absolute atomic E-state index is 12.4. The second kappa shape index (κ2) is 5.22. The van der Waals surface area contributed by atoms with Crippen LogP contribution < -0.4 is 5.32 Å². The molecule has 0 radical (unpaired) electrons. The predicted octanol–water partition coefficient (Wildman–Crippen LogP) is 3.20. The van der Waals surface area contributed by atoms with Gasteiger partial charge in [-0.25, -0.2) is 0 Å². The standard InChI is InChI=1S/C10H8ClF3INO2/c1-9(18,10(12,13)14)8(17)16-7-3-2-5(15)4-6(7)11/h2-4,18H,1H3,(H,16,17). The number of rotatable bonds is 2. The van der Waals surface area contributed by atoms with Gasteiger partial charge < -0.3 is 10.4 Å². The molecule has 2 N–H and O–H groups in total. The number of hydrogen-bond acceptors (Lipinski definition) is 2. The first kappa shape index (κ1) is 15.5. The summed E-state index contributed by atoms with van der Waals surface area (Å²) in [6.07, 6.45) is -5.06. The summed E-state index contributed by atoms with van der Waals surface area (Å²) >= 11 is 7.71. The SMILES string of the molecule is CC(O)(C(=O)Nc1ccc(I)cc1Cl)C(F)(F)F. The maximum atomic E-state index is 12.4. The number of anilines is 1. The molecular formula is C10H8ClF3INO2. The summed E-state index contributed by atoms with van der Waals surface area (Å²) in [5.74, 6) is -1.59. The molecule has 1 amide bonds. The van der Waals surface area contributed by atoms with Gasteiger partial charge in [0.15, 0.2) is 0 Å². The van der Waals surface area contributed by atoms with E-state index in [1.54, 1.807) is 6.07 Å². The molecule has 1 unspecified atom stereocenters. The Labute approximate surface area is 119 Å². The number of nitrogens with one attached hydrogen (secondary N) is 1. The van der Waals surface area contributed by atoms with Crippen molar-refractivity contribution in [3.05, 3.63) is 26.8 Å². The fraction of sp³-hybridized carbons (Fsp3) is 0.300. The van der Waals surface area contributed by atoms with Crippen molar-refractivity contribution in [1.82, 2.24) is 0 Å². The van der Waals surface area contributed by atoms with Gasteiger partial charge in [0.2, 0.25) is 5.60 Å². The summed E-state index contributed by atoms with van der Waals surface area (Å²) in [6.45, 7) is 0.378. The minimum atomic E-state index is -5.06. The molecule has 0 aromatic heterocycles. The Morgan fingerprint density at radius 1 is 1.44 bits per heavy atom. The zero-order valence-electron chi connectivity index (χ0n) is 8.98. The molecule has 1 aromatic rings. The maximum Gasteiger partial charge on any atom is 0.426 e. The quantitative estimate of drug-likeness (QED) is 0.758. The van der Waals surface area contributed by atoms with Crippen molar-refractivity contribution in [2.45, 2.75) is 18.7 Å². The fourth-order valence-corrected chi connectivity index (χ4v) is 1.87. The van der Waals surface area contributed by atoms with E-state index in [1.807, 2.05) is 27.9 Å². The third-order valence-corrected chi connectivity index (χ3v) is 3.16. The molecule has 0 bridgehead atoms.